The van der Waals surface area contributed by atoms with Crippen molar-refractivity contribution in [3.63, 3.8) is 0 Å². The number of nitrogens with one attached hydrogen (secondary N) is 2. The molecule has 6 aromatic carbocycles. The third kappa shape index (κ3) is 8.01. The molecular weight excluding hydrogens is 697 g/mol. The Kier molecular flexibility index (Phi) is 11.1. The number of piperidine rings is 2. The van der Waals surface area contributed by atoms with Gasteiger partial charge in [0.05, 0.1) is 11.1 Å². The Morgan fingerprint density at radius 1 is 0.482 bits per heavy atom. The van der Waals surface area contributed by atoms with Crippen LogP contribution in [0.4, 0.5) is 0 Å². The first kappa shape index (κ1) is 36.9. The van der Waals surface area contributed by atoms with Gasteiger partial charge in [-0.25, -0.2) is 9.59 Å². The minimum atomic E-state index is -0.710. The molecular formula is C49H46N2O5. The fourth-order valence-electron chi connectivity index (χ4n) is 8.02. The van der Waals surface area contributed by atoms with Crippen LogP contribution in [0.3, 0.4) is 0 Å². The molecule has 2 saturated heterocycles. The summed E-state index contributed by atoms with van der Waals surface area (Å²) in [6.45, 7) is 3.29. The molecule has 2 aliphatic rings. The van der Waals surface area contributed by atoms with E-state index in [1.165, 1.54) is 0 Å². The van der Waals surface area contributed by atoms with E-state index in [0.717, 1.165) is 65.1 Å². The standard InChI is InChI=1S/C49H46N2O5/c52-46(55-48(26-30-50-31-27-48)40-15-6-2-7-16-40)44-19-11-10-14-39(44)35-54-42-23-20-36(21-24-42)38-22-25-43(37-12-4-1-5-13-37)45(34-38)47(53)56-49(28-32-51-33-29-49)41-17-8-3-9-18-41/h1-25,34,50-51H,26-33,35H2. The van der Waals surface area contributed by atoms with Gasteiger partial charge in [-0.3, -0.25) is 0 Å². The Labute approximate surface area is 328 Å². The molecule has 0 unspecified atom stereocenters. The number of carbonyl (C=O) groups excluding carboxylic acids is 2. The summed E-state index contributed by atoms with van der Waals surface area (Å²) in [7, 11) is 0. The summed E-state index contributed by atoms with van der Waals surface area (Å²) in [5, 5.41) is 6.81. The molecule has 2 N–H and O–H groups in total. The van der Waals surface area contributed by atoms with E-state index in [9.17, 15) is 9.59 Å². The van der Waals surface area contributed by atoms with Crippen LogP contribution in [0.25, 0.3) is 22.3 Å². The molecule has 282 valence electrons. The van der Waals surface area contributed by atoms with Crippen LogP contribution in [0.2, 0.25) is 0 Å². The number of benzene rings is 6. The zero-order chi connectivity index (χ0) is 38.2. The highest BCUT2D eigenvalue weighted by Crippen LogP contribution is 2.39. The highest BCUT2D eigenvalue weighted by atomic mass is 16.6. The van der Waals surface area contributed by atoms with Gasteiger partial charge in [0.2, 0.25) is 0 Å². The molecule has 0 radical (unpaired) electrons. The van der Waals surface area contributed by atoms with Crippen molar-refractivity contribution in [2.45, 2.75) is 43.5 Å². The fraction of sp³-hybridized carbons (Fsp3) is 0.224. The van der Waals surface area contributed by atoms with Gasteiger partial charge in [0.1, 0.15) is 23.6 Å². The van der Waals surface area contributed by atoms with E-state index in [-0.39, 0.29) is 18.5 Å². The maximum atomic E-state index is 14.3. The summed E-state index contributed by atoms with van der Waals surface area (Å²) in [5.41, 5.74) is 5.99. The first-order chi connectivity index (χ1) is 27.5. The average molecular weight is 743 g/mol. The Morgan fingerprint density at radius 2 is 0.964 bits per heavy atom. The van der Waals surface area contributed by atoms with Crippen molar-refractivity contribution in [1.82, 2.24) is 10.6 Å². The van der Waals surface area contributed by atoms with E-state index in [1.807, 2.05) is 140 Å². The molecule has 0 aliphatic carbocycles. The van der Waals surface area contributed by atoms with Crippen molar-refractivity contribution in [2.24, 2.45) is 0 Å². The maximum Gasteiger partial charge on any atom is 0.339 e. The summed E-state index contributed by atoms with van der Waals surface area (Å²) < 4.78 is 19.2. The maximum absolute atomic E-state index is 14.3. The van der Waals surface area contributed by atoms with E-state index in [4.69, 9.17) is 14.2 Å². The number of hydrogen-bond acceptors (Lipinski definition) is 7. The van der Waals surface area contributed by atoms with E-state index in [1.54, 1.807) is 6.07 Å². The quantitative estimate of drug-likeness (QED) is 0.128. The SMILES string of the molecule is O=C(OC1(c2ccccc2)CCNCC1)c1ccccc1COc1ccc(-c2ccc(-c3ccccc3)c(C(=O)OC3(c4ccccc4)CCNCC3)c2)cc1. The van der Waals surface area contributed by atoms with Crippen LogP contribution in [0, 0.1) is 0 Å². The molecule has 0 aromatic heterocycles. The molecule has 7 nitrogen and oxygen atoms in total. The Balaban J connectivity index is 1.01. The van der Waals surface area contributed by atoms with Gasteiger partial charge in [0, 0.05) is 31.2 Å². The third-order valence-electron chi connectivity index (χ3n) is 11.1. The van der Waals surface area contributed by atoms with Crippen LogP contribution in [0.15, 0.2) is 158 Å². The first-order valence-electron chi connectivity index (χ1n) is 19.5. The Bertz CT molecular complexity index is 2250. The summed E-state index contributed by atoms with van der Waals surface area (Å²) in [4.78, 5) is 28.1. The second-order valence-electron chi connectivity index (χ2n) is 14.6. The number of ether oxygens (including phenoxy) is 3. The lowest BCUT2D eigenvalue weighted by molar-refractivity contribution is -0.0387. The van der Waals surface area contributed by atoms with Gasteiger partial charge in [0.25, 0.3) is 0 Å². The molecule has 7 heteroatoms. The normalized spacial score (nSPS) is 16.0. The third-order valence-corrected chi connectivity index (χ3v) is 11.1. The lowest BCUT2D eigenvalue weighted by Crippen LogP contribution is -2.43. The summed E-state index contributed by atoms with van der Waals surface area (Å²) in [6, 6.07) is 51.4. The van der Waals surface area contributed by atoms with Gasteiger partial charge < -0.3 is 24.8 Å². The van der Waals surface area contributed by atoms with E-state index in [0.29, 0.717) is 42.6 Å². The molecule has 0 spiro atoms. The van der Waals surface area contributed by atoms with E-state index >= 15 is 0 Å². The molecule has 0 saturated carbocycles. The van der Waals surface area contributed by atoms with Crippen LogP contribution in [0.1, 0.15) is 63.1 Å². The zero-order valence-electron chi connectivity index (χ0n) is 31.4. The Hall–Kier alpha value is -6.02. The van der Waals surface area contributed by atoms with E-state index < -0.39 is 11.2 Å². The minimum absolute atomic E-state index is 0.199. The van der Waals surface area contributed by atoms with Crippen LogP contribution < -0.4 is 15.4 Å². The van der Waals surface area contributed by atoms with Crippen molar-refractivity contribution in [1.29, 1.82) is 0 Å². The van der Waals surface area contributed by atoms with Crippen LogP contribution >= 0.6 is 0 Å². The lowest BCUT2D eigenvalue weighted by atomic mass is 9.84. The van der Waals surface area contributed by atoms with Crippen LogP contribution in [-0.2, 0) is 27.3 Å². The summed E-state index contributed by atoms with van der Waals surface area (Å²) in [5.74, 6) is -0.0378. The molecule has 6 aromatic rings. The van der Waals surface area contributed by atoms with Gasteiger partial charge in [-0.1, -0.05) is 133 Å². The number of rotatable bonds is 11. The predicted molar refractivity (Wildman–Crippen MR) is 219 cm³/mol. The molecule has 0 bridgehead atoms. The van der Waals surface area contributed by atoms with E-state index in [2.05, 4.69) is 22.8 Å². The van der Waals surface area contributed by atoms with Gasteiger partial charge in [-0.05, 0) is 83.8 Å². The fourth-order valence-corrected chi connectivity index (χ4v) is 8.02. The second-order valence-corrected chi connectivity index (χ2v) is 14.6. The highest BCUT2D eigenvalue weighted by molar-refractivity contribution is 5.99. The molecule has 2 heterocycles. The van der Waals surface area contributed by atoms with Crippen molar-refractivity contribution >= 4 is 11.9 Å². The second kappa shape index (κ2) is 16.8. The highest BCUT2D eigenvalue weighted by Gasteiger charge is 2.40. The zero-order valence-corrected chi connectivity index (χ0v) is 31.4. The molecule has 0 atom stereocenters. The largest absolute Gasteiger partial charge is 0.489 e. The van der Waals surface area contributed by atoms with Gasteiger partial charge >= 0.3 is 11.9 Å². The predicted octanol–water partition coefficient (Wildman–Crippen LogP) is 9.47. The van der Waals surface area contributed by atoms with Crippen LogP contribution in [-0.4, -0.2) is 38.1 Å². The van der Waals surface area contributed by atoms with Crippen molar-refractivity contribution < 1.29 is 23.8 Å². The summed E-state index contributed by atoms with van der Waals surface area (Å²) in [6.07, 6.45) is 2.81. The van der Waals surface area contributed by atoms with Gasteiger partial charge in [-0.15, -0.1) is 0 Å². The lowest BCUT2D eigenvalue weighted by Gasteiger charge is -2.37. The Morgan fingerprint density at radius 3 is 1.54 bits per heavy atom. The van der Waals surface area contributed by atoms with Gasteiger partial charge in [-0.2, -0.15) is 0 Å². The number of esters is 2. The average Bonchev–Trinajstić information content (AvgIpc) is 3.27. The molecule has 8 rings (SSSR count). The minimum Gasteiger partial charge on any atom is -0.489 e. The topological polar surface area (TPSA) is 85.9 Å². The smallest absolute Gasteiger partial charge is 0.339 e. The van der Waals surface area contributed by atoms with Gasteiger partial charge in [0.15, 0.2) is 0 Å². The van der Waals surface area contributed by atoms with Crippen molar-refractivity contribution in [3.05, 3.63) is 186 Å². The molecule has 2 aliphatic heterocycles. The molecule has 56 heavy (non-hydrogen) atoms. The monoisotopic (exact) mass is 742 g/mol. The number of carbonyl (C=O) groups is 2. The summed E-state index contributed by atoms with van der Waals surface area (Å²) >= 11 is 0. The first-order valence-corrected chi connectivity index (χ1v) is 19.5. The molecule has 0 amide bonds. The number of hydrogen-bond donors (Lipinski definition) is 2. The van der Waals surface area contributed by atoms with Crippen molar-refractivity contribution in [3.8, 4) is 28.0 Å². The molecule has 2 fully saturated rings. The van der Waals surface area contributed by atoms with Crippen LogP contribution in [0.5, 0.6) is 5.75 Å². The van der Waals surface area contributed by atoms with Crippen molar-refractivity contribution in [2.75, 3.05) is 26.2 Å².